The number of benzene rings is 1. The SMILES string of the molecule is CN(C)C(=O)c1cc(F)cc(CC(N)C(=O)O)c1[At]. The van der Waals surface area contributed by atoms with Crippen LogP contribution in [0.15, 0.2) is 12.1 Å². The third-order valence-electron chi connectivity index (χ3n) is 2.51. The van der Waals surface area contributed by atoms with E-state index in [0.717, 1.165) is 6.07 Å². The minimum atomic E-state index is -1.16. The van der Waals surface area contributed by atoms with E-state index in [-0.39, 0.29) is 17.9 Å². The molecule has 0 spiro atoms. The number of carboxylic acid groups (broad SMARTS) is 1. The summed E-state index contributed by atoms with van der Waals surface area (Å²) in [5.74, 6) is -2.05. The Kier molecular flexibility index (Phi) is 5.38. The van der Waals surface area contributed by atoms with E-state index in [4.69, 9.17) is 10.8 Å². The zero-order chi connectivity index (χ0) is 14.7. The van der Waals surface area contributed by atoms with Gasteiger partial charge in [-0.1, -0.05) is 0 Å². The van der Waals surface area contributed by atoms with Crippen LogP contribution in [0.2, 0.25) is 0 Å². The van der Waals surface area contributed by atoms with Crippen LogP contribution in [0.25, 0.3) is 0 Å². The van der Waals surface area contributed by atoms with Gasteiger partial charge in [0.05, 0.1) is 0 Å². The van der Waals surface area contributed by atoms with Gasteiger partial charge in [-0.2, -0.15) is 0 Å². The molecule has 0 bridgehead atoms. The zero-order valence-corrected chi connectivity index (χ0v) is 13.4. The molecule has 1 aromatic rings. The predicted octanol–water partition coefficient (Wildman–Crippen LogP) is -0.343. The number of hydrogen-bond donors (Lipinski definition) is 2. The van der Waals surface area contributed by atoms with Crippen molar-refractivity contribution < 1.29 is 43.8 Å². The number of hydrogen-bond acceptors (Lipinski definition) is 3. The van der Waals surface area contributed by atoms with Crippen molar-refractivity contribution >= 4 is 15.1 Å². The first-order valence-electron chi connectivity index (χ1n) is 5.42. The fourth-order valence-electron chi connectivity index (χ4n) is 1.51. The topological polar surface area (TPSA) is 83.6 Å². The molecule has 0 aliphatic heterocycles. The maximum atomic E-state index is 13.5. The molecule has 0 saturated heterocycles. The van der Waals surface area contributed by atoms with Crippen LogP contribution in [-0.2, 0) is 11.2 Å². The van der Waals surface area contributed by atoms with Crippen molar-refractivity contribution in [2.45, 2.75) is 12.5 Å². The number of carboxylic acids is 1. The van der Waals surface area contributed by atoms with Gasteiger partial charge in [0.2, 0.25) is 0 Å². The van der Waals surface area contributed by atoms with E-state index in [1.165, 1.54) is 35.7 Å². The van der Waals surface area contributed by atoms with E-state index >= 15 is 0 Å². The van der Waals surface area contributed by atoms with E-state index in [1.807, 2.05) is 0 Å². The molecular formula is C12H14AtFN2O3. The third kappa shape index (κ3) is 3.95. The molecule has 1 rings (SSSR count). The first-order chi connectivity index (χ1) is 8.73. The Labute approximate surface area is 125 Å². The summed E-state index contributed by atoms with van der Waals surface area (Å²) >= 11 is 1.19. The Morgan fingerprint density at radius 3 is 2.53 bits per heavy atom. The molecule has 1 atom stereocenters. The van der Waals surface area contributed by atoms with E-state index in [2.05, 4.69) is 0 Å². The van der Waals surface area contributed by atoms with Crippen LogP contribution < -0.4 is 9.01 Å². The van der Waals surface area contributed by atoms with Gasteiger partial charge in [0.15, 0.2) is 0 Å². The minimum absolute atomic E-state index is 0.00731. The number of carbonyl (C=O) groups excluding carboxylic acids is 1. The number of amides is 1. The summed E-state index contributed by atoms with van der Waals surface area (Å²) in [5.41, 5.74) is 6.14. The van der Waals surface area contributed by atoms with Gasteiger partial charge in [0, 0.05) is 0 Å². The molecule has 5 nitrogen and oxygen atoms in total. The maximum absolute atomic E-state index is 13.5. The molecule has 104 valence electrons. The van der Waals surface area contributed by atoms with E-state index in [9.17, 15) is 14.0 Å². The predicted molar refractivity (Wildman–Crippen MR) is 63.4 cm³/mol. The summed E-state index contributed by atoms with van der Waals surface area (Å²) in [6.07, 6.45) is -0.00731. The van der Waals surface area contributed by atoms with Crippen molar-refractivity contribution in [3.05, 3.63) is 29.1 Å². The monoisotopic (exact) mass is 463 g/mol. The van der Waals surface area contributed by atoms with Gasteiger partial charge < -0.3 is 0 Å². The normalized spacial score (nSPS) is 12.1. The Morgan fingerprint density at radius 1 is 1.47 bits per heavy atom. The Hall–Kier alpha value is -1.07. The molecule has 1 unspecified atom stereocenters. The molecule has 0 saturated carbocycles. The number of aliphatic carboxylic acids is 1. The van der Waals surface area contributed by atoms with Crippen molar-refractivity contribution in [1.82, 2.24) is 4.90 Å². The zero-order valence-electron chi connectivity index (χ0n) is 10.5. The molecule has 1 aromatic carbocycles. The third-order valence-corrected chi connectivity index (χ3v) is 4.24. The molecule has 7 heteroatoms. The first kappa shape index (κ1) is 16.0. The van der Waals surface area contributed by atoms with Crippen LogP contribution in [0.4, 0.5) is 4.39 Å². The summed E-state index contributed by atoms with van der Waals surface area (Å²) in [5, 5.41) is 8.78. The average molecular weight is 463 g/mol. The second-order valence-electron chi connectivity index (χ2n) is 4.27. The molecule has 19 heavy (non-hydrogen) atoms. The number of nitrogens with two attached hydrogens (primary N) is 1. The molecule has 0 aromatic heterocycles. The molecule has 3 N–H and O–H groups in total. The van der Waals surface area contributed by atoms with Crippen LogP contribution >= 0.6 is 0 Å². The number of halogens is 1. The van der Waals surface area contributed by atoms with Crippen LogP contribution in [0.3, 0.4) is 0 Å². The van der Waals surface area contributed by atoms with Crippen LogP contribution in [-0.4, -0.2) is 42.0 Å². The summed E-state index contributed by atoms with van der Waals surface area (Å²) in [6, 6.07) is 1.27. The van der Waals surface area contributed by atoms with Crippen molar-refractivity contribution in [3.63, 3.8) is 0 Å². The average Bonchev–Trinajstić information content (AvgIpc) is 2.31. The summed E-state index contributed by atoms with van der Waals surface area (Å²) in [4.78, 5) is 24.0. The van der Waals surface area contributed by atoms with Gasteiger partial charge in [-0.15, -0.1) is 0 Å². The Bertz CT molecular complexity index is 520. The molecule has 0 aliphatic carbocycles. The van der Waals surface area contributed by atoms with Crippen molar-refractivity contribution in [2.75, 3.05) is 14.1 Å². The van der Waals surface area contributed by atoms with Gasteiger partial charge >= 0.3 is 125 Å². The van der Waals surface area contributed by atoms with E-state index in [1.54, 1.807) is 14.1 Å². The van der Waals surface area contributed by atoms with Gasteiger partial charge in [0.25, 0.3) is 0 Å². The van der Waals surface area contributed by atoms with Crippen molar-refractivity contribution in [2.24, 2.45) is 5.73 Å². The molecule has 0 fully saturated rings. The van der Waals surface area contributed by atoms with Crippen molar-refractivity contribution in [3.8, 4) is 0 Å². The van der Waals surface area contributed by atoms with E-state index in [0.29, 0.717) is 8.83 Å². The Balaban J connectivity index is 3.20. The molecule has 0 radical (unpaired) electrons. The fourth-order valence-corrected chi connectivity index (χ4v) is 2.55. The van der Waals surface area contributed by atoms with Gasteiger partial charge in [-0.05, 0) is 0 Å². The van der Waals surface area contributed by atoms with Crippen LogP contribution in [0, 0.1) is 30.5 Å². The fraction of sp³-hybridized carbons (Fsp3) is 0.333. The Morgan fingerprint density at radius 2 is 2.05 bits per heavy atom. The van der Waals surface area contributed by atoms with Gasteiger partial charge in [-0.25, -0.2) is 0 Å². The summed E-state index contributed by atoms with van der Waals surface area (Å²) < 4.78 is 14.1. The summed E-state index contributed by atoms with van der Waals surface area (Å²) in [7, 11) is 3.14. The first-order valence-corrected chi connectivity index (χ1v) is 6.89. The quantitative estimate of drug-likeness (QED) is 0.640. The standard InChI is InChI=1S/C12H14AtFN2O3/c1-16(2)11(17)8-5-7(14)3-6(10(8)13)4-9(15)12(18)19/h3,5,9H,4,15H2,1-2H3,(H,18,19). The number of nitrogens with zero attached hydrogens (tertiary/aromatic N) is 1. The van der Waals surface area contributed by atoms with Crippen LogP contribution in [0.5, 0.6) is 0 Å². The summed E-state index contributed by atoms with van der Waals surface area (Å²) in [6.45, 7) is 0. The van der Waals surface area contributed by atoms with E-state index < -0.39 is 17.8 Å². The van der Waals surface area contributed by atoms with Gasteiger partial charge in [-0.3, -0.25) is 0 Å². The number of carbonyl (C=O) groups is 2. The molecular weight excluding hydrogens is 449 g/mol. The number of rotatable bonds is 4. The van der Waals surface area contributed by atoms with Crippen LogP contribution in [0.1, 0.15) is 15.9 Å². The molecule has 1 amide bonds. The van der Waals surface area contributed by atoms with Gasteiger partial charge in [0.1, 0.15) is 0 Å². The van der Waals surface area contributed by atoms with Crippen molar-refractivity contribution in [1.29, 1.82) is 0 Å². The molecule has 0 heterocycles. The second-order valence-corrected chi connectivity index (χ2v) is 5.74. The second kappa shape index (κ2) is 6.39. The molecule has 0 aliphatic rings.